The van der Waals surface area contributed by atoms with Gasteiger partial charge in [-0.15, -0.1) is 0 Å². The zero-order valence-electron chi connectivity index (χ0n) is 23.3. The molecule has 3 atom stereocenters. The third-order valence-electron chi connectivity index (χ3n) is 8.36. The third kappa shape index (κ3) is 5.03. The van der Waals surface area contributed by atoms with Crippen LogP contribution in [0.5, 0.6) is 11.5 Å². The molecule has 0 bridgehead atoms. The van der Waals surface area contributed by atoms with Gasteiger partial charge < -0.3 is 19.3 Å². The van der Waals surface area contributed by atoms with E-state index < -0.39 is 11.8 Å². The number of aliphatic carboxylic acids is 1. The first-order valence-corrected chi connectivity index (χ1v) is 13.6. The molecule has 2 unspecified atom stereocenters. The van der Waals surface area contributed by atoms with Gasteiger partial charge in [0, 0.05) is 18.1 Å². The topological polar surface area (TPSA) is 65.0 Å². The highest BCUT2D eigenvalue weighted by Crippen LogP contribution is 2.60. The Bertz CT molecular complexity index is 1390. The van der Waals surface area contributed by atoms with Crippen LogP contribution in [0.1, 0.15) is 68.4 Å². The van der Waals surface area contributed by atoms with Crippen LogP contribution in [-0.2, 0) is 28.0 Å². The molecule has 0 aromatic heterocycles. The third-order valence-corrected chi connectivity index (χ3v) is 8.36. The molecule has 0 heterocycles. The highest BCUT2D eigenvalue weighted by molar-refractivity contribution is 5.78. The van der Waals surface area contributed by atoms with Gasteiger partial charge in [-0.1, -0.05) is 51.1 Å². The number of fused-ring (bicyclic) bond motifs is 2. The molecule has 5 nitrogen and oxygen atoms in total. The SMILES string of the molecule is COc1cccc(-c2ccc(COc3ccc4c(c3)C3(CCC4)CC3C(=O)O)cc2[C@H](OC)C(C)(C)C)c1F. The number of hydrogen-bond acceptors (Lipinski definition) is 4. The van der Waals surface area contributed by atoms with E-state index in [0.717, 1.165) is 47.3 Å². The summed E-state index contributed by atoms with van der Waals surface area (Å²) in [5.41, 5.74) is 4.91. The van der Waals surface area contributed by atoms with Crippen LogP contribution in [0.4, 0.5) is 4.39 Å². The molecule has 2 aliphatic carbocycles. The normalized spacial score (nSPS) is 20.8. The van der Waals surface area contributed by atoms with E-state index in [1.807, 2.05) is 30.3 Å². The number of hydrogen-bond donors (Lipinski definition) is 1. The second-order valence-corrected chi connectivity index (χ2v) is 11.9. The minimum atomic E-state index is -0.708. The summed E-state index contributed by atoms with van der Waals surface area (Å²) in [5.74, 6) is -0.490. The maximum absolute atomic E-state index is 15.3. The highest BCUT2D eigenvalue weighted by Gasteiger charge is 2.60. The number of carboxylic acids is 1. The van der Waals surface area contributed by atoms with Crippen LogP contribution >= 0.6 is 0 Å². The summed E-state index contributed by atoms with van der Waals surface area (Å²) in [6.45, 7) is 6.62. The van der Waals surface area contributed by atoms with Crippen molar-refractivity contribution in [3.8, 4) is 22.6 Å². The van der Waals surface area contributed by atoms with Gasteiger partial charge in [0.15, 0.2) is 11.6 Å². The summed E-state index contributed by atoms with van der Waals surface area (Å²) in [6.07, 6.45) is 3.33. The molecule has 39 heavy (non-hydrogen) atoms. The summed E-state index contributed by atoms with van der Waals surface area (Å²) in [4.78, 5) is 11.7. The minimum absolute atomic E-state index is 0.196. The Balaban J connectivity index is 1.46. The van der Waals surface area contributed by atoms with E-state index in [-0.39, 0.29) is 28.6 Å². The van der Waals surface area contributed by atoms with Crippen molar-refractivity contribution in [2.75, 3.05) is 14.2 Å². The Morgan fingerprint density at radius 1 is 1.10 bits per heavy atom. The van der Waals surface area contributed by atoms with Gasteiger partial charge in [-0.2, -0.15) is 0 Å². The molecule has 5 rings (SSSR count). The van der Waals surface area contributed by atoms with Gasteiger partial charge in [-0.05, 0) is 83.2 Å². The van der Waals surface area contributed by atoms with E-state index in [2.05, 4.69) is 26.8 Å². The van der Waals surface area contributed by atoms with Crippen LogP contribution in [0, 0.1) is 17.2 Å². The van der Waals surface area contributed by atoms with Gasteiger partial charge in [0.05, 0.1) is 19.1 Å². The Kier molecular flexibility index (Phi) is 7.19. The van der Waals surface area contributed by atoms with Crippen molar-refractivity contribution in [2.45, 2.75) is 64.6 Å². The number of methoxy groups -OCH3 is 2. The second-order valence-electron chi connectivity index (χ2n) is 11.9. The lowest BCUT2D eigenvalue weighted by atomic mass is 9.78. The van der Waals surface area contributed by atoms with Crippen molar-refractivity contribution in [3.05, 3.63) is 82.7 Å². The predicted octanol–water partition coefficient (Wildman–Crippen LogP) is 7.49. The van der Waals surface area contributed by atoms with Gasteiger partial charge in [0.25, 0.3) is 0 Å². The first kappa shape index (κ1) is 27.2. The van der Waals surface area contributed by atoms with Gasteiger partial charge in [0.2, 0.25) is 0 Å². The maximum atomic E-state index is 15.3. The average molecular weight is 533 g/mol. The summed E-state index contributed by atoms with van der Waals surface area (Å²) in [5, 5.41) is 9.65. The van der Waals surface area contributed by atoms with E-state index in [9.17, 15) is 9.90 Å². The van der Waals surface area contributed by atoms with Crippen LogP contribution in [-0.4, -0.2) is 25.3 Å². The number of carboxylic acid groups (broad SMARTS) is 1. The Hall–Kier alpha value is -3.38. The molecule has 0 aliphatic heterocycles. The van der Waals surface area contributed by atoms with Crippen molar-refractivity contribution >= 4 is 5.97 Å². The van der Waals surface area contributed by atoms with Crippen LogP contribution in [0.25, 0.3) is 11.1 Å². The summed E-state index contributed by atoms with van der Waals surface area (Å²) in [7, 11) is 3.14. The molecule has 0 radical (unpaired) electrons. The summed E-state index contributed by atoms with van der Waals surface area (Å²) in [6, 6.07) is 17.2. The number of ether oxygens (including phenoxy) is 3. The molecule has 206 valence electrons. The monoisotopic (exact) mass is 532 g/mol. The van der Waals surface area contributed by atoms with Crippen molar-refractivity contribution in [2.24, 2.45) is 11.3 Å². The molecule has 1 spiro atoms. The molecular weight excluding hydrogens is 495 g/mol. The number of aryl methyl sites for hydroxylation is 1. The fourth-order valence-corrected chi connectivity index (χ4v) is 6.41. The Morgan fingerprint density at radius 2 is 1.90 bits per heavy atom. The lowest BCUT2D eigenvalue weighted by Crippen LogP contribution is -2.21. The Labute approximate surface area is 229 Å². The van der Waals surface area contributed by atoms with Crippen molar-refractivity contribution in [3.63, 3.8) is 0 Å². The lowest BCUT2D eigenvalue weighted by molar-refractivity contribution is -0.139. The molecule has 6 heteroatoms. The predicted molar refractivity (Wildman–Crippen MR) is 149 cm³/mol. The van der Waals surface area contributed by atoms with Gasteiger partial charge >= 0.3 is 5.97 Å². The molecule has 3 aromatic rings. The van der Waals surface area contributed by atoms with E-state index in [4.69, 9.17) is 14.2 Å². The quantitative estimate of drug-likeness (QED) is 0.326. The first-order valence-electron chi connectivity index (χ1n) is 13.6. The van der Waals surface area contributed by atoms with Gasteiger partial charge in [-0.3, -0.25) is 4.79 Å². The fraction of sp³-hybridized carbons (Fsp3) is 0.424. The average Bonchev–Trinajstić information content (AvgIpc) is 3.63. The molecule has 1 saturated carbocycles. The second kappa shape index (κ2) is 10.3. The number of benzene rings is 3. The molecule has 1 fully saturated rings. The zero-order chi connectivity index (χ0) is 27.9. The summed E-state index contributed by atoms with van der Waals surface area (Å²) >= 11 is 0. The van der Waals surface area contributed by atoms with Crippen molar-refractivity contribution in [1.82, 2.24) is 0 Å². The summed E-state index contributed by atoms with van der Waals surface area (Å²) < 4.78 is 32.8. The zero-order valence-corrected chi connectivity index (χ0v) is 23.3. The van der Waals surface area contributed by atoms with E-state index in [1.54, 1.807) is 25.3 Å². The minimum Gasteiger partial charge on any atom is -0.494 e. The Morgan fingerprint density at radius 3 is 2.56 bits per heavy atom. The fourth-order valence-electron chi connectivity index (χ4n) is 6.41. The van der Waals surface area contributed by atoms with Crippen molar-refractivity contribution in [1.29, 1.82) is 0 Å². The molecule has 3 aromatic carbocycles. The number of halogens is 1. The van der Waals surface area contributed by atoms with Crippen LogP contribution in [0.2, 0.25) is 0 Å². The molecule has 0 amide bonds. The smallest absolute Gasteiger partial charge is 0.307 e. The number of rotatable bonds is 8. The lowest BCUT2D eigenvalue weighted by Gasteiger charge is -2.32. The van der Waals surface area contributed by atoms with Crippen LogP contribution in [0.3, 0.4) is 0 Å². The van der Waals surface area contributed by atoms with Crippen LogP contribution in [0.15, 0.2) is 54.6 Å². The molecule has 1 N–H and O–H groups in total. The van der Waals surface area contributed by atoms with Gasteiger partial charge in [-0.25, -0.2) is 4.39 Å². The van der Waals surface area contributed by atoms with E-state index >= 15 is 4.39 Å². The molecular formula is C33H37FO5. The molecule has 2 aliphatic rings. The van der Waals surface area contributed by atoms with Crippen molar-refractivity contribution < 1.29 is 28.5 Å². The van der Waals surface area contributed by atoms with E-state index in [1.165, 1.54) is 12.7 Å². The standard InChI is InChI=1S/C33H37FO5/c1-32(2,3)30(38-5)25-16-20(11-14-23(25)24-9-6-10-28(37-4)29(24)34)19-39-22-13-12-21-8-7-15-33(26(21)17-22)18-27(33)31(35)36/h6,9-14,16-17,27,30H,7-8,15,18-19H2,1-5H3,(H,35,36)/t27?,30-,33?/m0/s1. The highest BCUT2D eigenvalue weighted by atomic mass is 19.1. The first-order chi connectivity index (χ1) is 18.6. The largest absolute Gasteiger partial charge is 0.494 e. The molecule has 0 saturated heterocycles. The van der Waals surface area contributed by atoms with E-state index in [0.29, 0.717) is 18.6 Å². The maximum Gasteiger partial charge on any atom is 0.307 e. The van der Waals surface area contributed by atoms with Gasteiger partial charge in [0.1, 0.15) is 12.4 Å². The number of carbonyl (C=O) groups is 1. The van der Waals surface area contributed by atoms with Crippen LogP contribution < -0.4 is 9.47 Å².